The Hall–Kier alpha value is -2.09. The van der Waals surface area contributed by atoms with Crippen LogP contribution < -0.4 is 4.90 Å². The van der Waals surface area contributed by atoms with Crippen molar-refractivity contribution in [3.8, 4) is 0 Å². The number of hydrogen-bond donors (Lipinski definition) is 0. The van der Waals surface area contributed by atoms with Crippen LogP contribution in [-0.4, -0.2) is 18.3 Å². The van der Waals surface area contributed by atoms with E-state index in [1.807, 2.05) is 6.21 Å². The predicted molar refractivity (Wildman–Crippen MR) is 110 cm³/mol. The molecular formula is C23H30N2. The third-order valence-corrected chi connectivity index (χ3v) is 5.48. The molecule has 1 heterocycles. The summed E-state index contributed by atoms with van der Waals surface area (Å²) in [4.78, 5) is 7.23. The molecule has 0 fully saturated rings. The molecule has 0 bridgehead atoms. The summed E-state index contributed by atoms with van der Waals surface area (Å²) < 4.78 is 0. The van der Waals surface area contributed by atoms with Gasteiger partial charge in [-0.3, -0.25) is 4.99 Å². The van der Waals surface area contributed by atoms with Gasteiger partial charge in [0.05, 0.1) is 5.69 Å². The minimum atomic E-state index is 0.213. The van der Waals surface area contributed by atoms with Crippen molar-refractivity contribution in [2.45, 2.75) is 59.4 Å². The molecule has 2 aromatic carbocycles. The van der Waals surface area contributed by atoms with Crippen molar-refractivity contribution in [1.29, 1.82) is 0 Å². The van der Waals surface area contributed by atoms with Crippen LogP contribution in [0.3, 0.4) is 0 Å². The normalized spacial score (nSPS) is 19.3. The fourth-order valence-electron chi connectivity index (χ4n) is 4.16. The molecular weight excluding hydrogens is 304 g/mol. The van der Waals surface area contributed by atoms with Crippen LogP contribution in [0.2, 0.25) is 0 Å². The molecule has 132 valence electrons. The van der Waals surface area contributed by atoms with Gasteiger partial charge in [-0.1, -0.05) is 24.6 Å². The van der Waals surface area contributed by atoms with Crippen LogP contribution in [0.15, 0.2) is 41.4 Å². The Kier molecular flexibility index (Phi) is 4.73. The van der Waals surface area contributed by atoms with Gasteiger partial charge in [-0.2, -0.15) is 0 Å². The van der Waals surface area contributed by atoms with E-state index in [4.69, 9.17) is 0 Å². The summed E-state index contributed by atoms with van der Waals surface area (Å²) in [5.41, 5.74) is 7.85. The van der Waals surface area contributed by atoms with E-state index in [-0.39, 0.29) is 5.54 Å². The largest absolute Gasteiger partial charge is 0.366 e. The maximum Gasteiger partial charge on any atom is 0.0630 e. The van der Waals surface area contributed by atoms with Crippen LogP contribution in [0, 0.1) is 13.8 Å². The molecule has 2 heteroatoms. The van der Waals surface area contributed by atoms with E-state index in [9.17, 15) is 0 Å². The fourth-order valence-corrected chi connectivity index (χ4v) is 4.16. The Bertz CT molecular complexity index is 784. The van der Waals surface area contributed by atoms with Crippen molar-refractivity contribution >= 4 is 17.6 Å². The minimum Gasteiger partial charge on any atom is -0.366 e. The number of rotatable bonds is 3. The Labute approximate surface area is 152 Å². The number of aliphatic imine (C=N–C) groups is 1. The Balaban J connectivity index is 1.99. The predicted octanol–water partition coefficient (Wildman–Crippen LogP) is 6.17. The average molecular weight is 335 g/mol. The summed E-state index contributed by atoms with van der Waals surface area (Å²) in [5, 5.41) is 0. The molecule has 0 spiro atoms. The van der Waals surface area contributed by atoms with Crippen molar-refractivity contribution < 1.29 is 0 Å². The lowest BCUT2D eigenvalue weighted by molar-refractivity contribution is 0.381. The zero-order chi connectivity index (χ0) is 18.2. The van der Waals surface area contributed by atoms with Gasteiger partial charge in [0, 0.05) is 24.0 Å². The molecule has 1 unspecified atom stereocenters. The molecule has 1 atom stereocenters. The lowest BCUT2D eigenvalue weighted by Gasteiger charge is -2.47. The van der Waals surface area contributed by atoms with Crippen molar-refractivity contribution in [2.24, 2.45) is 4.99 Å². The summed E-state index contributed by atoms with van der Waals surface area (Å²) in [5.74, 6) is 0.569. The highest BCUT2D eigenvalue weighted by Gasteiger charge is 2.35. The molecule has 0 amide bonds. The van der Waals surface area contributed by atoms with Gasteiger partial charge in [-0.05, 0) is 87.9 Å². The summed E-state index contributed by atoms with van der Waals surface area (Å²) in [7, 11) is 0. The zero-order valence-electron chi connectivity index (χ0n) is 16.4. The van der Waals surface area contributed by atoms with Gasteiger partial charge in [0.15, 0.2) is 0 Å². The second-order valence-corrected chi connectivity index (χ2v) is 8.02. The van der Waals surface area contributed by atoms with Gasteiger partial charge in [0.25, 0.3) is 0 Å². The fraction of sp³-hybridized carbons (Fsp3) is 0.435. The summed E-state index contributed by atoms with van der Waals surface area (Å²) in [6.45, 7) is 14.7. The average Bonchev–Trinajstić information content (AvgIpc) is 2.54. The first-order valence-electron chi connectivity index (χ1n) is 9.34. The molecule has 2 nitrogen and oxygen atoms in total. The Morgan fingerprint density at radius 1 is 1.16 bits per heavy atom. The second kappa shape index (κ2) is 6.67. The minimum absolute atomic E-state index is 0.213. The van der Waals surface area contributed by atoms with Crippen molar-refractivity contribution in [2.75, 3.05) is 11.4 Å². The first kappa shape index (κ1) is 17.7. The monoisotopic (exact) mass is 334 g/mol. The summed E-state index contributed by atoms with van der Waals surface area (Å²) in [6.07, 6.45) is 3.20. The highest BCUT2D eigenvalue weighted by Crippen LogP contribution is 2.44. The Morgan fingerprint density at radius 3 is 2.48 bits per heavy atom. The molecule has 0 saturated heterocycles. The number of hydrogen-bond acceptors (Lipinski definition) is 2. The topological polar surface area (TPSA) is 15.6 Å². The first-order chi connectivity index (χ1) is 11.8. The van der Waals surface area contributed by atoms with Crippen LogP contribution in [0.4, 0.5) is 11.4 Å². The van der Waals surface area contributed by atoms with Crippen LogP contribution >= 0.6 is 0 Å². The molecule has 0 saturated carbocycles. The Morgan fingerprint density at radius 2 is 1.84 bits per heavy atom. The second-order valence-electron chi connectivity index (χ2n) is 8.02. The van der Waals surface area contributed by atoms with E-state index >= 15 is 0 Å². The number of fused-ring (bicyclic) bond motifs is 1. The molecule has 1 aliphatic rings. The molecule has 2 aromatic rings. The van der Waals surface area contributed by atoms with E-state index in [1.165, 1.54) is 34.4 Å². The molecule has 3 rings (SSSR count). The molecule has 1 aliphatic heterocycles. The van der Waals surface area contributed by atoms with E-state index in [1.54, 1.807) is 0 Å². The number of benzene rings is 2. The molecule has 0 radical (unpaired) electrons. The summed E-state index contributed by atoms with van der Waals surface area (Å²) >= 11 is 0. The SMILES string of the molecule is CCN1c2cc(C)c(C=Nc3ccc(C)cc3)cc2C(C)CC1(C)C. The van der Waals surface area contributed by atoms with E-state index < -0.39 is 0 Å². The molecule has 25 heavy (non-hydrogen) atoms. The molecule has 0 N–H and O–H groups in total. The van der Waals surface area contributed by atoms with E-state index in [0.29, 0.717) is 5.92 Å². The smallest absolute Gasteiger partial charge is 0.0630 e. The van der Waals surface area contributed by atoms with Crippen molar-refractivity contribution in [3.63, 3.8) is 0 Å². The van der Waals surface area contributed by atoms with E-state index in [0.717, 1.165) is 12.2 Å². The van der Waals surface area contributed by atoms with Gasteiger partial charge in [-0.25, -0.2) is 0 Å². The first-order valence-corrected chi connectivity index (χ1v) is 9.34. The van der Waals surface area contributed by atoms with Crippen LogP contribution in [-0.2, 0) is 0 Å². The van der Waals surface area contributed by atoms with Gasteiger partial charge < -0.3 is 4.90 Å². The molecule has 0 aliphatic carbocycles. The third-order valence-electron chi connectivity index (χ3n) is 5.48. The van der Waals surface area contributed by atoms with E-state index in [2.05, 4.69) is 87.8 Å². The van der Waals surface area contributed by atoms with Crippen molar-refractivity contribution in [3.05, 3.63) is 58.7 Å². The highest BCUT2D eigenvalue weighted by atomic mass is 15.2. The van der Waals surface area contributed by atoms with Gasteiger partial charge in [0.1, 0.15) is 0 Å². The standard InChI is InChI=1S/C23H30N2/c1-7-25-22-12-17(3)19(13-21(22)18(4)14-23(25,5)6)15-24-20-10-8-16(2)9-11-20/h8-13,15,18H,7,14H2,1-6H3. The van der Waals surface area contributed by atoms with Crippen LogP contribution in [0.5, 0.6) is 0 Å². The zero-order valence-corrected chi connectivity index (χ0v) is 16.4. The van der Waals surface area contributed by atoms with Crippen LogP contribution in [0.1, 0.15) is 62.3 Å². The highest BCUT2D eigenvalue weighted by molar-refractivity contribution is 5.86. The number of aryl methyl sites for hydroxylation is 2. The van der Waals surface area contributed by atoms with Gasteiger partial charge >= 0.3 is 0 Å². The van der Waals surface area contributed by atoms with Crippen molar-refractivity contribution in [1.82, 2.24) is 0 Å². The summed E-state index contributed by atoms with van der Waals surface area (Å²) in [6, 6.07) is 13.1. The van der Waals surface area contributed by atoms with Gasteiger partial charge in [-0.15, -0.1) is 0 Å². The lowest BCUT2D eigenvalue weighted by atomic mass is 9.79. The van der Waals surface area contributed by atoms with Gasteiger partial charge in [0.2, 0.25) is 0 Å². The quantitative estimate of drug-likeness (QED) is 0.613. The maximum absolute atomic E-state index is 4.68. The number of nitrogens with zero attached hydrogens (tertiary/aromatic N) is 2. The maximum atomic E-state index is 4.68. The molecule has 0 aromatic heterocycles. The van der Waals surface area contributed by atoms with Crippen LogP contribution in [0.25, 0.3) is 0 Å². The third kappa shape index (κ3) is 3.49. The number of anilines is 1. The lowest BCUT2D eigenvalue weighted by Crippen LogP contribution is -2.48.